The summed E-state index contributed by atoms with van der Waals surface area (Å²) in [6.07, 6.45) is 2.09. The number of hydrogen-bond donors (Lipinski definition) is 3. The van der Waals surface area contributed by atoms with Crippen LogP contribution in [0.2, 0.25) is 0 Å². The third kappa shape index (κ3) is 8.41. The number of hydrogen-bond acceptors (Lipinski definition) is 4. The Morgan fingerprint density at radius 1 is 0.810 bits per heavy atom. The van der Waals surface area contributed by atoms with Crippen molar-refractivity contribution in [2.45, 2.75) is 37.3 Å². The standard InChI is InChI=1S/C34H32FN3O3S/c1-4-31(34(41)37-28-18-13-22(2)23(3)19-28)42-29-12-8-11-27(21-29)36-33(40)30(20-24-14-16-26(35)17-15-24)38-32(39)25-9-6-5-7-10-25/h5-21,31H,4H2,1-3H3,(H,36,40)(H,37,41)(H,38,39)/b30-20-. The van der Waals surface area contributed by atoms with Gasteiger partial charge < -0.3 is 16.0 Å². The van der Waals surface area contributed by atoms with Crippen molar-refractivity contribution >= 4 is 46.9 Å². The molecule has 4 aromatic rings. The molecule has 42 heavy (non-hydrogen) atoms. The summed E-state index contributed by atoms with van der Waals surface area (Å²) in [5.74, 6) is -1.52. The van der Waals surface area contributed by atoms with Gasteiger partial charge in [-0.25, -0.2) is 4.39 Å². The summed E-state index contributed by atoms with van der Waals surface area (Å²) >= 11 is 1.40. The lowest BCUT2D eigenvalue weighted by molar-refractivity contribution is -0.116. The monoisotopic (exact) mass is 581 g/mol. The molecule has 0 fully saturated rings. The zero-order valence-electron chi connectivity index (χ0n) is 23.6. The minimum absolute atomic E-state index is 0.00674. The van der Waals surface area contributed by atoms with Gasteiger partial charge in [0.2, 0.25) is 5.91 Å². The molecule has 214 valence electrons. The second-order valence-electron chi connectivity index (χ2n) is 9.71. The van der Waals surface area contributed by atoms with Crippen molar-refractivity contribution in [1.82, 2.24) is 5.32 Å². The van der Waals surface area contributed by atoms with Crippen LogP contribution >= 0.6 is 11.8 Å². The summed E-state index contributed by atoms with van der Waals surface area (Å²) in [6.45, 7) is 5.98. The maximum Gasteiger partial charge on any atom is 0.272 e. The van der Waals surface area contributed by atoms with Gasteiger partial charge >= 0.3 is 0 Å². The van der Waals surface area contributed by atoms with Gasteiger partial charge in [0.05, 0.1) is 5.25 Å². The fourth-order valence-electron chi connectivity index (χ4n) is 4.04. The normalized spacial score (nSPS) is 11.9. The molecule has 3 amide bonds. The van der Waals surface area contributed by atoms with Crippen LogP contribution in [0.4, 0.5) is 15.8 Å². The number of nitrogens with one attached hydrogen (secondary N) is 3. The molecule has 0 aliphatic rings. The first-order chi connectivity index (χ1) is 20.2. The molecule has 0 saturated heterocycles. The van der Waals surface area contributed by atoms with Crippen molar-refractivity contribution in [3.05, 3.63) is 131 Å². The Hall–Kier alpha value is -4.69. The molecule has 4 aromatic carbocycles. The van der Waals surface area contributed by atoms with Crippen molar-refractivity contribution in [3.63, 3.8) is 0 Å². The average molecular weight is 582 g/mol. The minimum Gasteiger partial charge on any atom is -0.325 e. The predicted octanol–water partition coefficient (Wildman–Crippen LogP) is 7.36. The van der Waals surface area contributed by atoms with Crippen molar-refractivity contribution in [2.24, 2.45) is 0 Å². The van der Waals surface area contributed by atoms with Gasteiger partial charge in [0.25, 0.3) is 11.8 Å². The number of benzene rings is 4. The number of carbonyl (C=O) groups is 3. The molecular weight excluding hydrogens is 549 g/mol. The van der Waals surface area contributed by atoms with Crippen LogP contribution in [-0.4, -0.2) is 23.0 Å². The molecule has 0 bridgehead atoms. The second kappa shape index (κ2) is 14.3. The first-order valence-electron chi connectivity index (χ1n) is 13.5. The summed E-state index contributed by atoms with van der Waals surface area (Å²) in [6, 6.07) is 27.1. The van der Waals surface area contributed by atoms with Gasteiger partial charge in [-0.05, 0) is 97.6 Å². The van der Waals surface area contributed by atoms with Crippen molar-refractivity contribution < 1.29 is 18.8 Å². The van der Waals surface area contributed by atoms with E-state index in [2.05, 4.69) is 16.0 Å². The van der Waals surface area contributed by atoms with Crippen molar-refractivity contribution in [2.75, 3.05) is 10.6 Å². The molecule has 0 heterocycles. The number of aryl methyl sites for hydroxylation is 2. The fraction of sp³-hybridized carbons (Fsp3) is 0.147. The molecule has 0 aliphatic heterocycles. The van der Waals surface area contributed by atoms with Gasteiger partial charge in [-0.1, -0.05) is 49.4 Å². The third-order valence-corrected chi connectivity index (χ3v) is 7.88. The van der Waals surface area contributed by atoms with E-state index in [1.54, 1.807) is 48.5 Å². The highest BCUT2D eigenvalue weighted by molar-refractivity contribution is 8.00. The van der Waals surface area contributed by atoms with Gasteiger partial charge in [0.15, 0.2) is 0 Å². The van der Waals surface area contributed by atoms with Gasteiger partial charge in [-0.3, -0.25) is 14.4 Å². The van der Waals surface area contributed by atoms with Crippen molar-refractivity contribution in [3.8, 4) is 0 Å². The van der Waals surface area contributed by atoms with E-state index in [0.29, 0.717) is 23.2 Å². The summed E-state index contributed by atoms with van der Waals surface area (Å²) in [7, 11) is 0. The van der Waals surface area contributed by atoms with Gasteiger partial charge in [0.1, 0.15) is 11.5 Å². The fourth-order valence-corrected chi connectivity index (χ4v) is 5.06. The van der Waals surface area contributed by atoms with Gasteiger partial charge in [-0.2, -0.15) is 0 Å². The van der Waals surface area contributed by atoms with E-state index in [4.69, 9.17) is 0 Å². The first kappa shape index (κ1) is 30.3. The second-order valence-corrected chi connectivity index (χ2v) is 11.0. The number of rotatable bonds is 10. The molecule has 0 spiro atoms. The average Bonchev–Trinajstić information content (AvgIpc) is 2.99. The summed E-state index contributed by atoms with van der Waals surface area (Å²) in [5, 5.41) is 8.16. The predicted molar refractivity (Wildman–Crippen MR) is 168 cm³/mol. The molecule has 1 unspecified atom stereocenters. The quantitative estimate of drug-likeness (QED) is 0.135. The van der Waals surface area contributed by atoms with Crippen LogP contribution in [0.3, 0.4) is 0 Å². The molecule has 4 rings (SSSR count). The number of carbonyl (C=O) groups excluding carboxylic acids is 3. The molecule has 8 heteroatoms. The van der Waals surface area contributed by atoms with E-state index in [0.717, 1.165) is 21.7 Å². The van der Waals surface area contributed by atoms with E-state index in [1.807, 2.05) is 45.0 Å². The van der Waals surface area contributed by atoms with Gasteiger partial charge in [0, 0.05) is 21.8 Å². The minimum atomic E-state index is -0.551. The van der Waals surface area contributed by atoms with E-state index in [9.17, 15) is 18.8 Å². The van der Waals surface area contributed by atoms with Crippen LogP contribution in [0.1, 0.15) is 40.4 Å². The Balaban J connectivity index is 1.49. The zero-order chi connectivity index (χ0) is 30.1. The number of halogens is 1. The Morgan fingerprint density at radius 2 is 1.52 bits per heavy atom. The number of thioether (sulfide) groups is 1. The molecular formula is C34H32FN3O3S. The lowest BCUT2D eigenvalue weighted by Crippen LogP contribution is -2.30. The SMILES string of the molecule is CCC(Sc1cccc(NC(=O)/C(=C/c2ccc(F)cc2)NC(=O)c2ccccc2)c1)C(=O)Nc1ccc(C)c(C)c1. The summed E-state index contributed by atoms with van der Waals surface area (Å²) in [4.78, 5) is 40.1. The molecule has 3 N–H and O–H groups in total. The Labute approximate surface area is 249 Å². The maximum absolute atomic E-state index is 13.4. The number of anilines is 2. The summed E-state index contributed by atoms with van der Waals surface area (Å²) < 4.78 is 13.4. The highest BCUT2D eigenvalue weighted by Gasteiger charge is 2.19. The van der Waals surface area contributed by atoms with E-state index >= 15 is 0 Å². The first-order valence-corrected chi connectivity index (χ1v) is 14.4. The van der Waals surface area contributed by atoms with E-state index < -0.39 is 17.6 Å². The Bertz CT molecular complexity index is 1600. The van der Waals surface area contributed by atoms with E-state index in [-0.39, 0.29) is 16.9 Å². The molecule has 0 aromatic heterocycles. The number of amides is 3. The molecule has 0 aliphatic carbocycles. The molecule has 6 nitrogen and oxygen atoms in total. The van der Waals surface area contributed by atoms with Crippen LogP contribution in [0.15, 0.2) is 108 Å². The Morgan fingerprint density at radius 3 is 2.21 bits per heavy atom. The highest BCUT2D eigenvalue weighted by Crippen LogP contribution is 2.29. The van der Waals surface area contributed by atoms with Gasteiger partial charge in [-0.15, -0.1) is 11.8 Å². The zero-order valence-corrected chi connectivity index (χ0v) is 24.4. The lowest BCUT2D eigenvalue weighted by atomic mass is 10.1. The topological polar surface area (TPSA) is 87.3 Å². The van der Waals surface area contributed by atoms with E-state index in [1.165, 1.54) is 42.1 Å². The smallest absolute Gasteiger partial charge is 0.272 e. The summed E-state index contributed by atoms with van der Waals surface area (Å²) in [5.41, 5.74) is 4.42. The van der Waals surface area contributed by atoms with Crippen LogP contribution in [0.5, 0.6) is 0 Å². The van der Waals surface area contributed by atoms with Crippen LogP contribution < -0.4 is 16.0 Å². The molecule has 1 atom stereocenters. The molecule has 0 radical (unpaired) electrons. The van der Waals surface area contributed by atoms with Crippen LogP contribution in [0, 0.1) is 19.7 Å². The molecule has 0 saturated carbocycles. The van der Waals surface area contributed by atoms with Crippen LogP contribution in [-0.2, 0) is 9.59 Å². The Kier molecular flexibility index (Phi) is 10.3. The largest absolute Gasteiger partial charge is 0.325 e. The highest BCUT2D eigenvalue weighted by atomic mass is 32.2. The van der Waals surface area contributed by atoms with Crippen molar-refractivity contribution in [1.29, 1.82) is 0 Å². The third-order valence-electron chi connectivity index (χ3n) is 6.52. The lowest BCUT2D eigenvalue weighted by Gasteiger charge is -2.16. The van der Waals surface area contributed by atoms with Crippen LogP contribution in [0.25, 0.3) is 6.08 Å². The maximum atomic E-state index is 13.4.